The standard InChI is InChI=1S/C13H12N2O3S/c1-8-9(4-2-6-14-8)12(16)15-11(13(17)18)10-5-3-7-19-10/h2-7,11H,1H3,(H,15,16)(H,17,18). The lowest BCUT2D eigenvalue weighted by atomic mass is 10.1. The second-order valence-corrected chi connectivity index (χ2v) is 4.88. The van der Waals surface area contributed by atoms with Crippen molar-refractivity contribution >= 4 is 23.2 Å². The predicted octanol–water partition coefficient (Wildman–Crippen LogP) is 2.01. The van der Waals surface area contributed by atoms with Crippen molar-refractivity contribution in [1.29, 1.82) is 0 Å². The normalized spacial score (nSPS) is 11.8. The molecule has 6 heteroatoms. The van der Waals surface area contributed by atoms with Gasteiger partial charge in [-0.2, -0.15) is 0 Å². The molecule has 98 valence electrons. The highest BCUT2D eigenvalue weighted by molar-refractivity contribution is 7.10. The van der Waals surface area contributed by atoms with Crippen molar-refractivity contribution in [2.24, 2.45) is 0 Å². The van der Waals surface area contributed by atoms with E-state index in [-0.39, 0.29) is 0 Å². The smallest absolute Gasteiger partial charge is 0.331 e. The number of hydrogen-bond acceptors (Lipinski definition) is 4. The van der Waals surface area contributed by atoms with Gasteiger partial charge in [-0.3, -0.25) is 9.78 Å². The van der Waals surface area contributed by atoms with E-state index in [4.69, 9.17) is 0 Å². The van der Waals surface area contributed by atoms with E-state index in [1.165, 1.54) is 11.3 Å². The summed E-state index contributed by atoms with van der Waals surface area (Å²) in [6.45, 7) is 1.70. The molecule has 0 spiro atoms. The van der Waals surface area contributed by atoms with Crippen LogP contribution in [0, 0.1) is 6.92 Å². The van der Waals surface area contributed by atoms with E-state index >= 15 is 0 Å². The number of thiophene rings is 1. The number of pyridine rings is 1. The molecule has 2 aromatic heterocycles. The van der Waals surface area contributed by atoms with E-state index in [2.05, 4.69) is 10.3 Å². The van der Waals surface area contributed by atoms with Gasteiger partial charge < -0.3 is 10.4 Å². The summed E-state index contributed by atoms with van der Waals surface area (Å²) in [6.07, 6.45) is 1.58. The maximum Gasteiger partial charge on any atom is 0.331 e. The molecule has 0 aliphatic rings. The number of carboxylic acids is 1. The molecule has 2 aromatic rings. The van der Waals surface area contributed by atoms with Gasteiger partial charge in [0.2, 0.25) is 0 Å². The quantitative estimate of drug-likeness (QED) is 0.895. The second kappa shape index (κ2) is 5.62. The number of carbonyl (C=O) groups is 2. The van der Waals surface area contributed by atoms with Gasteiger partial charge in [0.1, 0.15) is 0 Å². The van der Waals surface area contributed by atoms with Crippen LogP contribution in [0.5, 0.6) is 0 Å². The zero-order chi connectivity index (χ0) is 13.8. The highest BCUT2D eigenvalue weighted by atomic mass is 32.1. The van der Waals surface area contributed by atoms with E-state index in [0.717, 1.165) is 0 Å². The van der Waals surface area contributed by atoms with E-state index in [9.17, 15) is 14.7 Å². The van der Waals surface area contributed by atoms with Crippen LogP contribution in [0.15, 0.2) is 35.8 Å². The first-order chi connectivity index (χ1) is 9.09. The second-order valence-electron chi connectivity index (χ2n) is 3.90. The molecule has 0 radical (unpaired) electrons. The minimum atomic E-state index is -1.09. The van der Waals surface area contributed by atoms with Crippen LogP contribution in [0.1, 0.15) is 27.0 Å². The number of nitrogens with zero attached hydrogens (tertiary/aromatic N) is 1. The van der Waals surface area contributed by atoms with Crippen LogP contribution in [0.4, 0.5) is 0 Å². The Balaban J connectivity index is 2.21. The number of aromatic nitrogens is 1. The Morgan fingerprint density at radius 2 is 2.16 bits per heavy atom. The SMILES string of the molecule is Cc1ncccc1C(=O)NC(C(=O)O)c1cccs1. The Kier molecular flexibility index (Phi) is 3.91. The molecule has 2 rings (SSSR count). The van der Waals surface area contributed by atoms with Crippen LogP contribution in [-0.4, -0.2) is 22.0 Å². The summed E-state index contributed by atoms with van der Waals surface area (Å²) < 4.78 is 0. The summed E-state index contributed by atoms with van der Waals surface area (Å²) in [5, 5.41) is 13.5. The van der Waals surface area contributed by atoms with Crippen molar-refractivity contribution in [3.8, 4) is 0 Å². The van der Waals surface area contributed by atoms with Gasteiger partial charge in [-0.15, -0.1) is 11.3 Å². The molecule has 1 amide bonds. The first-order valence-electron chi connectivity index (χ1n) is 5.58. The van der Waals surface area contributed by atoms with Crippen molar-refractivity contribution in [1.82, 2.24) is 10.3 Å². The van der Waals surface area contributed by atoms with Crippen LogP contribution in [-0.2, 0) is 4.79 Å². The summed E-state index contributed by atoms with van der Waals surface area (Å²) in [5.41, 5.74) is 0.945. The molecule has 1 unspecified atom stereocenters. The number of nitrogens with one attached hydrogen (secondary N) is 1. The maximum atomic E-state index is 12.1. The van der Waals surface area contributed by atoms with Crippen LogP contribution in [0.25, 0.3) is 0 Å². The molecular weight excluding hydrogens is 264 g/mol. The van der Waals surface area contributed by atoms with Gasteiger partial charge in [-0.05, 0) is 30.5 Å². The topological polar surface area (TPSA) is 79.3 Å². The monoisotopic (exact) mass is 276 g/mol. The van der Waals surface area contributed by atoms with Crippen molar-refractivity contribution in [3.05, 3.63) is 52.0 Å². The lowest BCUT2D eigenvalue weighted by Gasteiger charge is -2.13. The molecule has 2 N–H and O–H groups in total. The minimum Gasteiger partial charge on any atom is -0.479 e. The molecule has 2 heterocycles. The molecule has 0 fully saturated rings. The average molecular weight is 276 g/mol. The van der Waals surface area contributed by atoms with Gasteiger partial charge in [0.05, 0.1) is 5.56 Å². The van der Waals surface area contributed by atoms with Crippen molar-refractivity contribution in [3.63, 3.8) is 0 Å². The summed E-state index contributed by atoms with van der Waals surface area (Å²) in [5.74, 6) is -1.52. The lowest BCUT2D eigenvalue weighted by Crippen LogP contribution is -2.33. The van der Waals surface area contributed by atoms with E-state index in [1.807, 2.05) is 0 Å². The molecular formula is C13H12N2O3S. The number of hydrogen-bond donors (Lipinski definition) is 2. The molecule has 0 saturated carbocycles. The number of carboxylic acid groups (broad SMARTS) is 1. The highest BCUT2D eigenvalue weighted by Crippen LogP contribution is 2.20. The fraction of sp³-hybridized carbons (Fsp3) is 0.154. The predicted molar refractivity (Wildman–Crippen MR) is 71.1 cm³/mol. The first-order valence-corrected chi connectivity index (χ1v) is 6.46. The van der Waals surface area contributed by atoms with E-state index in [1.54, 1.807) is 42.8 Å². The highest BCUT2D eigenvalue weighted by Gasteiger charge is 2.24. The average Bonchev–Trinajstić information content (AvgIpc) is 2.89. The van der Waals surface area contributed by atoms with Crippen molar-refractivity contribution < 1.29 is 14.7 Å². The third-order valence-corrected chi connectivity index (χ3v) is 3.54. The molecule has 0 aliphatic heterocycles. The summed E-state index contributed by atoms with van der Waals surface area (Å²) >= 11 is 1.29. The summed E-state index contributed by atoms with van der Waals surface area (Å²) in [4.78, 5) is 27.9. The van der Waals surface area contributed by atoms with Crippen LogP contribution in [0.2, 0.25) is 0 Å². The molecule has 0 saturated heterocycles. The number of aliphatic carboxylic acids is 1. The van der Waals surface area contributed by atoms with Crippen molar-refractivity contribution in [2.45, 2.75) is 13.0 Å². The van der Waals surface area contributed by atoms with Crippen LogP contribution >= 0.6 is 11.3 Å². The fourth-order valence-electron chi connectivity index (χ4n) is 1.64. The molecule has 0 bridgehead atoms. The fourth-order valence-corrected chi connectivity index (χ4v) is 2.41. The van der Waals surface area contributed by atoms with Gasteiger partial charge in [0.15, 0.2) is 6.04 Å². The van der Waals surface area contributed by atoms with Gasteiger partial charge >= 0.3 is 5.97 Å². The minimum absolute atomic E-state index is 0.380. The largest absolute Gasteiger partial charge is 0.479 e. The van der Waals surface area contributed by atoms with Gasteiger partial charge in [-0.25, -0.2) is 4.79 Å². The Hall–Kier alpha value is -2.21. The van der Waals surface area contributed by atoms with Crippen molar-refractivity contribution in [2.75, 3.05) is 0 Å². The Bertz CT molecular complexity index is 596. The Labute approximate surface area is 113 Å². The van der Waals surface area contributed by atoms with Crippen LogP contribution < -0.4 is 5.32 Å². The number of rotatable bonds is 4. The van der Waals surface area contributed by atoms with Gasteiger partial charge in [-0.1, -0.05) is 6.07 Å². The van der Waals surface area contributed by atoms with Crippen LogP contribution in [0.3, 0.4) is 0 Å². The molecule has 19 heavy (non-hydrogen) atoms. The molecule has 1 atom stereocenters. The van der Waals surface area contributed by atoms with Gasteiger partial charge in [0, 0.05) is 16.8 Å². The third kappa shape index (κ3) is 2.97. The van der Waals surface area contributed by atoms with E-state index < -0.39 is 17.9 Å². The summed E-state index contributed by atoms with van der Waals surface area (Å²) in [7, 11) is 0. The Morgan fingerprint density at radius 3 is 2.74 bits per heavy atom. The van der Waals surface area contributed by atoms with E-state index in [0.29, 0.717) is 16.1 Å². The third-order valence-electron chi connectivity index (χ3n) is 2.60. The molecule has 0 aliphatic carbocycles. The summed E-state index contributed by atoms with van der Waals surface area (Å²) in [6, 6.07) is 5.65. The van der Waals surface area contributed by atoms with Gasteiger partial charge in [0.25, 0.3) is 5.91 Å². The lowest BCUT2D eigenvalue weighted by molar-refractivity contribution is -0.139. The Morgan fingerprint density at radius 1 is 1.37 bits per heavy atom. The molecule has 5 nitrogen and oxygen atoms in total. The number of carbonyl (C=O) groups excluding carboxylic acids is 1. The zero-order valence-corrected chi connectivity index (χ0v) is 11.0. The first kappa shape index (κ1) is 13.2. The zero-order valence-electron chi connectivity index (χ0n) is 10.2. The number of amides is 1. The number of aryl methyl sites for hydroxylation is 1. The molecule has 0 aromatic carbocycles. The maximum absolute atomic E-state index is 12.1.